The number of hydrogen-bond acceptors (Lipinski definition) is 2. The summed E-state index contributed by atoms with van der Waals surface area (Å²) >= 11 is 3.16. The monoisotopic (exact) mass is 212 g/mol. The lowest BCUT2D eigenvalue weighted by molar-refractivity contribution is 0.109. The van der Waals surface area contributed by atoms with Crippen molar-refractivity contribution in [1.82, 2.24) is 0 Å². The summed E-state index contributed by atoms with van der Waals surface area (Å²) in [5.41, 5.74) is 0.817. The van der Waals surface area contributed by atoms with Crippen molar-refractivity contribution in [1.29, 1.82) is 0 Å². The summed E-state index contributed by atoms with van der Waals surface area (Å²) in [5, 5.41) is 0. The third kappa shape index (κ3) is 1.54. The van der Waals surface area contributed by atoms with Crippen LogP contribution in [-0.4, -0.2) is 12.6 Å². The molecule has 0 fully saturated rings. The minimum atomic E-state index is 0.405. The fraction of sp³-hybridized carbons (Fsp3) is 0. The largest absolute Gasteiger partial charge is 0.298 e. The van der Waals surface area contributed by atoms with E-state index in [0.29, 0.717) is 28.2 Å². The Bertz CT molecular complexity index is 294. The fourth-order valence-corrected chi connectivity index (χ4v) is 1.26. The molecule has 1 aromatic rings. The van der Waals surface area contributed by atoms with Crippen molar-refractivity contribution < 1.29 is 9.59 Å². The summed E-state index contributed by atoms with van der Waals surface area (Å²) in [6.07, 6.45) is 1.32. The SMILES string of the molecule is O=Cc1cccc(Br)c1C=O. The van der Waals surface area contributed by atoms with Crippen molar-refractivity contribution in [2.24, 2.45) is 0 Å². The van der Waals surface area contributed by atoms with Crippen LogP contribution in [0.25, 0.3) is 0 Å². The fourth-order valence-electron chi connectivity index (χ4n) is 0.781. The van der Waals surface area contributed by atoms with Gasteiger partial charge < -0.3 is 0 Å². The molecule has 0 saturated heterocycles. The number of aldehydes is 2. The zero-order chi connectivity index (χ0) is 8.27. The van der Waals surface area contributed by atoms with Gasteiger partial charge in [0.25, 0.3) is 0 Å². The maximum Gasteiger partial charge on any atom is 0.151 e. The van der Waals surface area contributed by atoms with Crippen LogP contribution in [0.1, 0.15) is 20.7 Å². The average Bonchev–Trinajstić information content (AvgIpc) is 2.04. The van der Waals surface area contributed by atoms with E-state index in [2.05, 4.69) is 15.9 Å². The molecule has 2 nitrogen and oxygen atoms in total. The number of halogens is 1. The molecule has 0 N–H and O–H groups in total. The van der Waals surface area contributed by atoms with Crippen LogP contribution in [0.3, 0.4) is 0 Å². The van der Waals surface area contributed by atoms with Gasteiger partial charge in [-0.2, -0.15) is 0 Å². The minimum absolute atomic E-state index is 0.405. The molecule has 0 radical (unpaired) electrons. The van der Waals surface area contributed by atoms with Gasteiger partial charge in [0.05, 0.1) is 0 Å². The van der Waals surface area contributed by atoms with Crippen LogP contribution in [0.5, 0.6) is 0 Å². The molecule has 0 aliphatic rings. The predicted molar refractivity (Wildman–Crippen MR) is 44.9 cm³/mol. The Morgan fingerprint density at radius 3 is 2.36 bits per heavy atom. The van der Waals surface area contributed by atoms with Crippen molar-refractivity contribution in [3.8, 4) is 0 Å². The second-order valence-electron chi connectivity index (χ2n) is 1.98. The highest BCUT2D eigenvalue weighted by Crippen LogP contribution is 2.16. The summed E-state index contributed by atoms with van der Waals surface area (Å²) in [6.45, 7) is 0. The predicted octanol–water partition coefficient (Wildman–Crippen LogP) is 2.07. The van der Waals surface area contributed by atoms with Crippen LogP contribution in [0, 0.1) is 0 Å². The molecule has 0 saturated carbocycles. The molecule has 1 aromatic carbocycles. The van der Waals surface area contributed by atoms with Crippen LogP contribution < -0.4 is 0 Å². The molecule has 11 heavy (non-hydrogen) atoms. The lowest BCUT2D eigenvalue weighted by Gasteiger charge is -1.97. The van der Waals surface area contributed by atoms with E-state index in [0.717, 1.165) is 0 Å². The lowest BCUT2D eigenvalue weighted by atomic mass is 10.1. The normalized spacial score (nSPS) is 9.18. The van der Waals surface area contributed by atoms with E-state index in [1.54, 1.807) is 18.2 Å². The van der Waals surface area contributed by atoms with Gasteiger partial charge in [0.2, 0.25) is 0 Å². The molecule has 0 amide bonds. The molecule has 56 valence electrons. The molecule has 0 atom stereocenters. The Labute approximate surface area is 72.4 Å². The number of hydrogen-bond donors (Lipinski definition) is 0. The molecule has 0 bridgehead atoms. The first-order valence-electron chi connectivity index (χ1n) is 2.98. The van der Waals surface area contributed by atoms with Gasteiger partial charge in [-0.25, -0.2) is 0 Å². The molecule has 1 rings (SSSR count). The van der Waals surface area contributed by atoms with Gasteiger partial charge in [0.1, 0.15) is 0 Å². The minimum Gasteiger partial charge on any atom is -0.298 e. The highest BCUT2D eigenvalue weighted by molar-refractivity contribution is 9.10. The van der Waals surface area contributed by atoms with Gasteiger partial charge in [0.15, 0.2) is 12.6 Å². The van der Waals surface area contributed by atoms with Gasteiger partial charge in [0, 0.05) is 15.6 Å². The number of carbonyl (C=O) groups is 2. The van der Waals surface area contributed by atoms with Gasteiger partial charge in [-0.3, -0.25) is 9.59 Å². The Hall–Kier alpha value is -0.960. The summed E-state index contributed by atoms with van der Waals surface area (Å²) in [7, 11) is 0. The molecule has 0 unspecified atom stereocenters. The Balaban J connectivity index is 3.35. The number of rotatable bonds is 2. The third-order valence-corrected chi connectivity index (χ3v) is 2.02. The van der Waals surface area contributed by atoms with E-state index < -0.39 is 0 Å². The Morgan fingerprint density at radius 1 is 1.18 bits per heavy atom. The maximum atomic E-state index is 10.4. The van der Waals surface area contributed by atoms with E-state index in [1.165, 1.54) is 0 Å². The molecule has 0 aliphatic carbocycles. The average molecular weight is 213 g/mol. The lowest BCUT2D eigenvalue weighted by Crippen LogP contribution is -1.90. The maximum absolute atomic E-state index is 10.4. The van der Waals surface area contributed by atoms with Gasteiger partial charge in [-0.05, 0) is 6.07 Å². The first-order valence-corrected chi connectivity index (χ1v) is 3.77. The van der Waals surface area contributed by atoms with E-state index in [9.17, 15) is 9.59 Å². The zero-order valence-corrected chi connectivity index (χ0v) is 7.17. The van der Waals surface area contributed by atoms with Gasteiger partial charge >= 0.3 is 0 Å². The second kappa shape index (κ2) is 3.44. The van der Waals surface area contributed by atoms with Crippen molar-refractivity contribution in [2.75, 3.05) is 0 Å². The van der Waals surface area contributed by atoms with Crippen LogP contribution in [0.2, 0.25) is 0 Å². The molecular formula is C8H5BrO2. The quantitative estimate of drug-likeness (QED) is 0.704. The van der Waals surface area contributed by atoms with Crippen LogP contribution >= 0.6 is 15.9 Å². The number of benzene rings is 1. The standard InChI is InChI=1S/C8H5BrO2/c9-8-3-1-2-6(4-10)7(8)5-11/h1-5H. The van der Waals surface area contributed by atoms with Crippen molar-refractivity contribution in [3.05, 3.63) is 33.8 Å². The van der Waals surface area contributed by atoms with Crippen molar-refractivity contribution in [3.63, 3.8) is 0 Å². The van der Waals surface area contributed by atoms with E-state index in [4.69, 9.17) is 0 Å². The first-order chi connectivity index (χ1) is 5.29. The topological polar surface area (TPSA) is 34.1 Å². The van der Waals surface area contributed by atoms with E-state index in [-0.39, 0.29) is 0 Å². The molecule has 0 aliphatic heterocycles. The van der Waals surface area contributed by atoms with Gasteiger partial charge in [-0.1, -0.05) is 28.1 Å². The third-order valence-electron chi connectivity index (χ3n) is 1.33. The molecule has 3 heteroatoms. The van der Waals surface area contributed by atoms with E-state index >= 15 is 0 Å². The smallest absolute Gasteiger partial charge is 0.151 e. The van der Waals surface area contributed by atoms with Crippen molar-refractivity contribution >= 4 is 28.5 Å². The Kier molecular flexibility index (Phi) is 2.54. The summed E-state index contributed by atoms with van der Waals surface area (Å²) in [6, 6.07) is 5.03. The second-order valence-corrected chi connectivity index (χ2v) is 2.83. The van der Waals surface area contributed by atoms with Gasteiger partial charge in [-0.15, -0.1) is 0 Å². The van der Waals surface area contributed by atoms with Crippen molar-refractivity contribution in [2.45, 2.75) is 0 Å². The van der Waals surface area contributed by atoms with Crippen LogP contribution in [-0.2, 0) is 0 Å². The summed E-state index contributed by atoms with van der Waals surface area (Å²) < 4.78 is 0.650. The zero-order valence-electron chi connectivity index (χ0n) is 5.58. The molecule has 0 spiro atoms. The van der Waals surface area contributed by atoms with Crippen LogP contribution in [0.15, 0.2) is 22.7 Å². The molecule has 0 aromatic heterocycles. The number of carbonyl (C=O) groups excluding carboxylic acids is 2. The van der Waals surface area contributed by atoms with E-state index in [1.807, 2.05) is 0 Å². The highest BCUT2D eigenvalue weighted by atomic mass is 79.9. The molecular weight excluding hydrogens is 208 g/mol. The first kappa shape index (κ1) is 8.14. The highest BCUT2D eigenvalue weighted by Gasteiger charge is 2.02. The summed E-state index contributed by atoms with van der Waals surface area (Å²) in [4.78, 5) is 20.8. The molecule has 0 heterocycles. The van der Waals surface area contributed by atoms with Crippen LogP contribution in [0.4, 0.5) is 0 Å². The Morgan fingerprint density at radius 2 is 1.91 bits per heavy atom. The summed E-state index contributed by atoms with van der Waals surface area (Å²) in [5.74, 6) is 0.